The van der Waals surface area contributed by atoms with Crippen LogP contribution in [0.1, 0.15) is 10.4 Å². The van der Waals surface area contributed by atoms with Gasteiger partial charge >= 0.3 is 0 Å². The monoisotopic (exact) mass is 463 g/mol. The van der Waals surface area contributed by atoms with Crippen LogP contribution in [0.15, 0.2) is 41.3 Å². The molecule has 3 aromatic rings. The van der Waals surface area contributed by atoms with Gasteiger partial charge in [0, 0.05) is 19.3 Å². The Morgan fingerprint density at radius 2 is 1.84 bits per heavy atom. The van der Waals surface area contributed by atoms with Gasteiger partial charge in [-0.05, 0) is 44.4 Å². The van der Waals surface area contributed by atoms with Crippen LogP contribution >= 0.6 is 11.3 Å². The lowest BCUT2D eigenvalue weighted by atomic mass is 10.1. The van der Waals surface area contributed by atoms with Gasteiger partial charge in [0.2, 0.25) is 0 Å². The van der Waals surface area contributed by atoms with Gasteiger partial charge in [-0.2, -0.15) is 0 Å². The van der Waals surface area contributed by atoms with Gasteiger partial charge in [-0.1, -0.05) is 17.4 Å². The van der Waals surface area contributed by atoms with E-state index in [4.69, 9.17) is 9.47 Å². The number of aromatic nitrogens is 1. The van der Waals surface area contributed by atoms with Crippen LogP contribution in [-0.2, 0) is 9.84 Å². The Labute approximate surface area is 185 Å². The Morgan fingerprint density at radius 1 is 1.10 bits per heavy atom. The molecule has 1 amide bonds. The molecular formula is C21H25N3O5S2. The SMILES string of the molecule is COc1cccc(C(=O)N(CCN(C)C)c2nc3ccc(S(C)(=O)=O)cc3s2)c1OC. The van der Waals surface area contributed by atoms with Crippen molar-refractivity contribution in [3.63, 3.8) is 0 Å². The van der Waals surface area contributed by atoms with Crippen molar-refractivity contribution in [1.82, 2.24) is 9.88 Å². The fourth-order valence-corrected chi connectivity index (χ4v) is 4.77. The van der Waals surface area contributed by atoms with Crippen LogP contribution in [-0.4, -0.2) is 71.9 Å². The van der Waals surface area contributed by atoms with E-state index in [2.05, 4.69) is 4.98 Å². The number of amides is 1. The highest BCUT2D eigenvalue weighted by atomic mass is 32.2. The maximum absolute atomic E-state index is 13.6. The number of thiazole rings is 1. The quantitative estimate of drug-likeness (QED) is 0.507. The zero-order chi connectivity index (χ0) is 22.8. The van der Waals surface area contributed by atoms with E-state index in [-0.39, 0.29) is 10.8 Å². The molecule has 0 aliphatic rings. The molecule has 0 aliphatic heterocycles. The first-order chi connectivity index (χ1) is 14.7. The summed E-state index contributed by atoms with van der Waals surface area (Å²) in [5.74, 6) is 0.535. The number of ether oxygens (including phenoxy) is 2. The minimum absolute atomic E-state index is 0.218. The number of likely N-dealkylation sites (N-methyl/N-ethyl adjacent to an activating group) is 1. The molecule has 166 valence electrons. The molecule has 0 aliphatic carbocycles. The first kappa shape index (κ1) is 23.0. The summed E-state index contributed by atoms with van der Waals surface area (Å²) in [5, 5.41) is 0.484. The number of hydrogen-bond acceptors (Lipinski definition) is 8. The summed E-state index contributed by atoms with van der Waals surface area (Å²) in [6.45, 7) is 1.01. The Balaban J connectivity index is 2.08. The molecule has 31 heavy (non-hydrogen) atoms. The fraction of sp³-hybridized carbons (Fsp3) is 0.333. The van der Waals surface area contributed by atoms with Crippen molar-refractivity contribution in [1.29, 1.82) is 0 Å². The van der Waals surface area contributed by atoms with E-state index in [1.807, 2.05) is 19.0 Å². The summed E-state index contributed by atoms with van der Waals surface area (Å²) in [5.41, 5.74) is 0.990. The minimum Gasteiger partial charge on any atom is -0.493 e. The second-order valence-electron chi connectivity index (χ2n) is 7.20. The number of para-hydroxylation sites is 1. The first-order valence-electron chi connectivity index (χ1n) is 9.44. The zero-order valence-corrected chi connectivity index (χ0v) is 19.7. The average molecular weight is 464 g/mol. The van der Waals surface area contributed by atoms with E-state index in [1.54, 1.807) is 35.2 Å². The molecule has 0 unspecified atom stereocenters. The Kier molecular flexibility index (Phi) is 6.83. The zero-order valence-electron chi connectivity index (χ0n) is 18.1. The number of carbonyl (C=O) groups excluding carboxylic acids is 1. The van der Waals surface area contributed by atoms with Crippen molar-refractivity contribution < 1.29 is 22.7 Å². The highest BCUT2D eigenvalue weighted by Gasteiger charge is 2.26. The van der Waals surface area contributed by atoms with E-state index >= 15 is 0 Å². The van der Waals surface area contributed by atoms with Gasteiger partial charge in [-0.15, -0.1) is 0 Å². The van der Waals surface area contributed by atoms with Gasteiger partial charge < -0.3 is 14.4 Å². The van der Waals surface area contributed by atoms with Crippen molar-refractivity contribution in [2.45, 2.75) is 4.90 Å². The molecule has 0 saturated carbocycles. The fourth-order valence-electron chi connectivity index (χ4n) is 3.02. The molecule has 8 nitrogen and oxygen atoms in total. The Bertz CT molecular complexity index is 1200. The number of sulfone groups is 1. The first-order valence-corrected chi connectivity index (χ1v) is 12.1. The molecule has 0 fully saturated rings. The van der Waals surface area contributed by atoms with Gasteiger partial charge in [-0.25, -0.2) is 13.4 Å². The van der Waals surface area contributed by atoms with Crippen LogP contribution in [0.4, 0.5) is 5.13 Å². The molecule has 0 bridgehead atoms. The molecule has 0 atom stereocenters. The largest absolute Gasteiger partial charge is 0.493 e. The molecule has 1 aromatic heterocycles. The third-order valence-electron chi connectivity index (χ3n) is 4.66. The normalized spacial score (nSPS) is 11.7. The molecule has 2 aromatic carbocycles. The van der Waals surface area contributed by atoms with Crippen LogP contribution in [0, 0.1) is 0 Å². The van der Waals surface area contributed by atoms with Crippen molar-refractivity contribution in [2.75, 3.05) is 52.6 Å². The maximum atomic E-state index is 13.6. The Hall–Kier alpha value is -2.69. The predicted molar refractivity (Wildman–Crippen MR) is 123 cm³/mol. The third-order valence-corrected chi connectivity index (χ3v) is 6.81. The maximum Gasteiger partial charge on any atom is 0.264 e. The molecule has 0 radical (unpaired) electrons. The lowest BCUT2D eigenvalue weighted by molar-refractivity contribution is 0.0981. The van der Waals surface area contributed by atoms with Crippen molar-refractivity contribution >= 4 is 42.4 Å². The Morgan fingerprint density at radius 3 is 2.45 bits per heavy atom. The second kappa shape index (κ2) is 9.21. The van der Waals surface area contributed by atoms with Crippen molar-refractivity contribution in [3.05, 3.63) is 42.0 Å². The van der Waals surface area contributed by atoms with Crippen LogP contribution in [0.25, 0.3) is 10.2 Å². The van der Waals surface area contributed by atoms with Crippen molar-refractivity contribution in [3.8, 4) is 11.5 Å². The number of benzene rings is 2. The van der Waals surface area contributed by atoms with E-state index < -0.39 is 9.84 Å². The topological polar surface area (TPSA) is 89.0 Å². The lowest BCUT2D eigenvalue weighted by Crippen LogP contribution is -2.37. The summed E-state index contributed by atoms with van der Waals surface area (Å²) in [4.78, 5) is 21.9. The van der Waals surface area contributed by atoms with E-state index in [0.29, 0.717) is 45.5 Å². The second-order valence-corrected chi connectivity index (χ2v) is 10.2. The highest BCUT2D eigenvalue weighted by molar-refractivity contribution is 7.90. The average Bonchev–Trinajstić information content (AvgIpc) is 3.15. The summed E-state index contributed by atoms with van der Waals surface area (Å²) in [6.07, 6.45) is 1.16. The number of nitrogens with zero attached hydrogens (tertiary/aromatic N) is 3. The third kappa shape index (κ3) is 4.97. The van der Waals surface area contributed by atoms with Crippen LogP contribution in [0.5, 0.6) is 11.5 Å². The molecule has 3 rings (SSSR count). The van der Waals surface area contributed by atoms with E-state index in [0.717, 1.165) is 6.26 Å². The van der Waals surface area contributed by atoms with Crippen molar-refractivity contribution in [2.24, 2.45) is 0 Å². The van der Waals surface area contributed by atoms with E-state index in [9.17, 15) is 13.2 Å². The molecular weight excluding hydrogens is 438 g/mol. The number of hydrogen-bond donors (Lipinski definition) is 0. The van der Waals surface area contributed by atoms with Gasteiger partial charge in [0.05, 0.1) is 34.9 Å². The smallest absolute Gasteiger partial charge is 0.264 e. The standard InChI is InChI=1S/C21H25N3O5S2/c1-23(2)11-12-24(20(25)15-7-6-8-17(28-3)19(15)29-4)21-22-16-10-9-14(31(5,26)27)13-18(16)30-21/h6-10,13H,11-12H2,1-5H3. The molecule has 0 N–H and O–H groups in total. The predicted octanol–water partition coefficient (Wildman–Crippen LogP) is 2.93. The number of rotatable bonds is 8. The van der Waals surface area contributed by atoms with Gasteiger partial charge in [0.15, 0.2) is 26.5 Å². The summed E-state index contributed by atoms with van der Waals surface area (Å²) in [7, 11) is 3.51. The van der Waals surface area contributed by atoms with Crippen LogP contribution < -0.4 is 14.4 Å². The molecule has 0 saturated heterocycles. The number of carbonyl (C=O) groups is 1. The van der Waals surface area contributed by atoms with Gasteiger partial charge in [0.25, 0.3) is 5.91 Å². The summed E-state index contributed by atoms with van der Waals surface area (Å²) in [6, 6.07) is 9.91. The minimum atomic E-state index is -3.34. The summed E-state index contributed by atoms with van der Waals surface area (Å²) >= 11 is 1.27. The molecule has 1 heterocycles. The number of anilines is 1. The van der Waals surface area contributed by atoms with Crippen LogP contribution in [0.2, 0.25) is 0 Å². The molecule has 10 heteroatoms. The number of fused-ring (bicyclic) bond motifs is 1. The summed E-state index contributed by atoms with van der Waals surface area (Å²) < 4.78 is 35.3. The van der Waals surface area contributed by atoms with E-state index in [1.165, 1.54) is 31.6 Å². The highest BCUT2D eigenvalue weighted by Crippen LogP contribution is 2.35. The molecule has 0 spiro atoms. The lowest BCUT2D eigenvalue weighted by Gasteiger charge is -2.23. The van der Waals surface area contributed by atoms with Gasteiger partial charge in [0.1, 0.15) is 0 Å². The number of methoxy groups -OCH3 is 2. The van der Waals surface area contributed by atoms with Crippen LogP contribution in [0.3, 0.4) is 0 Å². The van der Waals surface area contributed by atoms with Gasteiger partial charge in [-0.3, -0.25) is 9.69 Å².